The van der Waals surface area contributed by atoms with Crippen molar-refractivity contribution in [1.29, 1.82) is 0 Å². The van der Waals surface area contributed by atoms with E-state index in [-0.39, 0.29) is 35.9 Å². The number of carbonyl (C=O) groups is 1. The number of aromatic nitrogens is 2. The van der Waals surface area contributed by atoms with Crippen molar-refractivity contribution in [3.05, 3.63) is 88.5 Å². The van der Waals surface area contributed by atoms with Crippen LogP contribution in [0.25, 0.3) is 11.8 Å². The minimum atomic E-state index is -0.371. The van der Waals surface area contributed by atoms with Gasteiger partial charge in [-0.3, -0.25) is 4.79 Å². The van der Waals surface area contributed by atoms with E-state index in [1.165, 1.54) is 36.1 Å². The highest BCUT2D eigenvalue weighted by molar-refractivity contribution is 5.95. The Bertz CT molecular complexity index is 1360. The number of benzene rings is 2. The molecule has 0 aliphatic heterocycles. The third kappa shape index (κ3) is 4.01. The molecule has 0 saturated heterocycles. The maximum atomic E-state index is 13.5. The van der Waals surface area contributed by atoms with E-state index in [0.29, 0.717) is 18.1 Å². The fourth-order valence-corrected chi connectivity index (χ4v) is 6.58. The van der Waals surface area contributed by atoms with Crippen molar-refractivity contribution in [2.75, 3.05) is 13.2 Å². The number of amides is 1. The van der Waals surface area contributed by atoms with Crippen molar-refractivity contribution >= 4 is 12.0 Å². The van der Waals surface area contributed by atoms with Crippen LogP contribution in [-0.4, -0.2) is 39.5 Å². The monoisotopic (exact) mass is 501 g/mol. The van der Waals surface area contributed by atoms with E-state index >= 15 is 0 Å². The lowest BCUT2D eigenvalue weighted by Crippen LogP contribution is -2.48. The molecule has 6 rings (SSSR count). The highest BCUT2D eigenvalue weighted by Crippen LogP contribution is 2.66. The Morgan fingerprint density at radius 2 is 2.00 bits per heavy atom. The molecule has 1 amide bonds. The van der Waals surface area contributed by atoms with Crippen LogP contribution in [0.15, 0.2) is 60.3 Å². The lowest BCUT2D eigenvalue weighted by Gasteiger charge is -2.47. The molecule has 6 nitrogen and oxygen atoms in total. The van der Waals surface area contributed by atoms with Gasteiger partial charge in [-0.05, 0) is 92.5 Å². The van der Waals surface area contributed by atoms with Crippen LogP contribution >= 0.6 is 0 Å². The number of aliphatic hydroxyl groups excluding tert-OH is 1. The molecule has 0 bridgehead atoms. The largest absolute Gasteiger partial charge is 0.395 e. The summed E-state index contributed by atoms with van der Waals surface area (Å²) in [6.07, 6.45) is 9.39. The average molecular weight is 502 g/mol. The summed E-state index contributed by atoms with van der Waals surface area (Å²) in [5, 5.41) is 16.5. The van der Waals surface area contributed by atoms with Crippen molar-refractivity contribution in [1.82, 2.24) is 15.1 Å². The lowest BCUT2D eigenvalue weighted by atomic mass is 9.63. The van der Waals surface area contributed by atoms with Crippen LogP contribution in [-0.2, 0) is 17.8 Å². The molecule has 0 radical (unpaired) electrons. The predicted octanol–water partition coefficient (Wildman–Crippen LogP) is 4.84. The minimum Gasteiger partial charge on any atom is -0.395 e. The second-order valence-corrected chi connectivity index (χ2v) is 10.7. The van der Waals surface area contributed by atoms with Gasteiger partial charge in [-0.25, -0.2) is 9.07 Å². The molecule has 37 heavy (non-hydrogen) atoms. The number of halogens is 1. The molecular weight excluding hydrogens is 469 g/mol. The number of carbonyl (C=O) groups excluding carboxylic acids is 1. The number of hydrogen-bond donors (Lipinski definition) is 2. The second kappa shape index (κ2) is 9.23. The predicted molar refractivity (Wildman–Crippen MR) is 139 cm³/mol. The average Bonchev–Trinajstić information content (AvgIpc) is 3.63. The lowest BCUT2D eigenvalue weighted by molar-refractivity contribution is -0.113. The fourth-order valence-electron chi connectivity index (χ4n) is 6.58. The summed E-state index contributed by atoms with van der Waals surface area (Å²) in [4.78, 5) is 12.7. The zero-order valence-electron chi connectivity index (χ0n) is 21.0. The number of aliphatic hydroxyl groups is 1. The summed E-state index contributed by atoms with van der Waals surface area (Å²) >= 11 is 0. The molecule has 1 heterocycles. The van der Waals surface area contributed by atoms with Gasteiger partial charge in [-0.1, -0.05) is 23.8 Å². The second-order valence-electron chi connectivity index (χ2n) is 10.7. The van der Waals surface area contributed by atoms with Crippen molar-refractivity contribution in [3.63, 3.8) is 0 Å². The molecule has 7 heteroatoms. The molecule has 3 aliphatic rings. The standard InChI is InChI=1S/C30H32FN3O3/c1-29(37-19-20-4-2-3-5-26(20)28(36)32-14-15-35)13-12-23-16-27-21(17-30(23,29)22-6-7-22)18-33-34(27)25-10-8-24(31)9-11-25/h2-5,8-11,16,18,22,35H,6-7,12-15,17,19H2,1H3,(H,32,36)/t29-,30+/m0/s1. The van der Waals surface area contributed by atoms with Crippen LogP contribution in [0.4, 0.5) is 4.39 Å². The first kappa shape index (κ1) is 24.1. The third-order valence-electron chi connectivity index (χ3n) is 8.61. The molecule has 192 valence electrons. The van der Waals surface area contributed by atoms with Crippen LogP contribution in [0.2, 0.25) is 0 Å². The first-order valence-electron chi connectivity index (χ1n) is 13.1. The zero-order chi connectivity index (χ0) is 25.6. The molecule has 0 spiro atoms. The molecule has 2 aromatic carbocycles. The number of rotatable bonds is 8. The Labute approximate surface area is 216 Å². The van der Waals surface area contributed by atoms with Crippen LogP contribution in [0.5, 0.6) is 0 Å². The smallest absolute Gasteiger partial charge is 0.251 e. The Morgan fingerprint density at radius 1 is 1.22 bits per heavy atom. The van der Waals surface area contributed by atoms with Gasteiger partial charge >= 0.3 is 0 Å². The Balaban J connectivity index is 1.30. The quantitative estimate of drug-likeness (QED) is 0.463. The Kier molecular flexibility index (Phi) is 6.00. The van der Waals surface area contributed by atoms with Crippen LogP contribution < -0.4 is 5.32 Å². The molecule has 3 aliphatic carbocycles. The number of ether oxygens (including phenoxy) is 1. The Morgan fingerprint density at radius 3 is 2.76 bits per heavy atom. The number of hydrogen-bond acceptors (Lipinski definition) is 4. The summed E-state index contributed by atoms with van der Waals surface area (Å²) in [6.45, 7) is 2.72. The van der Waals surface area contributed by atoms with Crippen LogP contribution in [0.3, 0.4) is 0 Å². The molecule has 3 aromatic rings. The van der Waals surface area contributed by atoms with Gasteiger partial charge in [0, 0.05) is 17.5 Å². The molecule has 2 atom stereocenters. The van der Waals surface area contributed by atoms with Gasteiger partial charge in [0.15, 0.2) is 0 Å². The maximum absolute atomic E-state index is 13.5. The van der Waals surface area contributed by atoms with E-state index in [2.05, 4.69) is 23.4 Å². The molecule has 1 aromatic heterocycles. The topological polar surface area (TPSA) is 76.4 Å². The van der Waals surface area contributed by atoms with Gasteiger partial charge in [-0.15, -0.1) is 0 Å². The third-order valence-corrected chi connectivity index (χ3v) is 8.61. The molecule has 0 unspecified atom stereocenters. The molecular formula is C30H32FN3O3. The van der Waals surface area contributed by atoms with E-state index in [1.807, 2.05) is 29.1 Å². The van der Waals surface area contributed by atoms with Gasteiger partial charge in [-0.2, -0.15) is 5.10 Å². The zero-order valence-corrected chi connectivity index (χ0v) is 21.0. The molecule has 2 N–H and O–H groups in total. The maximum Gasteiger partial charge on any atom is 0.251 e. The minimum absolute atomic E-state index is 0.0925. The SMILES string of the molecule is C[C@]1(OCc2ccccc2C(=O)NCCO)CCC2=Cc3c(cnn3-c3ccc(F)cc3)C[C@@]21C1CC1. The van der Waals surface area contributed by atoms with Crippen LogP contribution in [0.1, 0.15) is 59.8 Å². The summed E-state index contributed by atoms with van der Waals surface area (Å²) in [6, 6.07) is 14.0. The summed E-state index contributed by atoms with van der Waals surface area (Å²) in [5.74, 6) is 0.113. The highest BCUT2D eigenvalue weighted by atomic mass is 19.1. The van der Waals surface area contributed by atoms with E-state index in [0.717, 1.165) is 36.2 Å². The van der Waals surface area contributed by atoms with E-state index in [1.54, 1.807) is 18.2 Å². The fraction of sp³-hybridized carbons (Fsp3) is 0.400. The number of fused-ring (bicyclic) bond motifs is 2. The van der Waals surface area contributed by atoms with E-state index in [9.17, 15) is 9.18 Å². The number of nitrogens with one attached hydrogen (secondary N) is 1. The van der Waals surface area contributed by atoms with E-state index in [4.69, 9.17) is 9.84 Å². The van der Waals surface area contributed by atoms with Gasteiger partial charge in [0.05, 0.1) is 36.4 Å². The first-order valence-corrected chi connectivity index (χ1v) is 13.1. The summed E-state index contributed by atoms with van der Waals surface area (Å²) in [5.41, 5.74) is 5.51. The Hall–Kier alpha value is -3.29. The molecule has 2 fully saturated rings. The highest BCUT2D eigenvalue weighted by Gasteiger charge is 2.63. The summed E-state index contributed by atoms with van der Waals surface area (Å²) < 4.78 is 22.2. The van der Waals surface area contributed by atoms with Gasteiger partial charge in [0.25, 0.3) is 5.91 Å². The summed E-state index contributed by atoms with van der Waals surface area (Å²) in [7, 11) is 0. The van der Waals surface area contributed by atoms with Crippen molar-refractivity contribution < 1.29 is 19.0 Å². The first-order chi connectivity index (χ1) is 17.9. The number of nitrogens with zero attached hydrogens (tertiary/aromatic N) is 2. The van der Waals surface area contributed by atoms with Crippen molar-refractivity contribution in [3.8, 4) is 5.69 Å². The van der Waals surface area contributed by atoms with Crippen molar-refractivity contribution in [2.24, 2.45) is 11.3 Å². The van der Waals surface area contributed by atoms with Gasteiger partial charge < -0.3 is 15.2 Å². The van der Waals surface area contributed by atoms with E-state index < -0.39 is 0 Å². The van der Waals surface area contributed by atoms with Crippen LogP contribution in [0, 0.1) is 17.2 Å². The molecule has 2 saturated carbocycles. The van der Waals surface area contributed by atoms with Gasteiger partial charge in [0.1, 0.15) is 5.82 Å². The normalized spacial score (nSPS) is 24.4. The van der Waals surface area contributed by atoms with Gasteiger partial charge in [0.2, 0.25) is 0 Å². The van der Waals surface area contributed by atoms with Crippen molar-refractivity contribution in [2.45, 2.75) is 51.2 Å².